The number of rotatable bonds is 5. The zero-order valence-corrected chi connectivity index (χ0v) is 17.8. The number of nitrogens with zero attached hydrogens (tertiary/aromatic N) is 2. The summed E-state index contributed by atoms with van der Waals surface area (Å²) < 4.78 is 2.26. The number of hydrogen-bond donors (Lipinski definition) is 2. The molecule has 4 aromatic rings. The molecule has 6 heteroatoms. The van der Waals surface area contributed by atoms with Gasteiger partial charge >= 0.3 is 0 Å². The molecule has 5 rings (SSSR count). The van der Waals surface area contributed by atoms with E-state index in [1.807, 2.05) is 30.3 Å². The maximum absolute atomic E-state index is 11.7. The summed E-state index contributed by atoms with van der Waals surface area (Å²) in [4.78, 5) is 16.6. The number of hydrogen-bond acceptors (Lipinski definition) is 3. The van der Waals surface area contributed by atoms with E-state index >= 15 is 0 Å². The molecule has 31 heavy (non-hydrogen) atoms. The Hall–Kier alpha value is -3.31. The fourth-order valence-corrected chi connectivity index (χ4v) is 4.71. The van der Waals surface area contributed by atoms with Crippen LogP contribution in [0.5, 0.6) is 0 Å². The first-order chi connectivity index (χ1) is 15.1. The molecule has 0 saturated heterocycles. The second-order valence-corrected chi connectivity index (χ2v) is 8.33. The highest BCUT2D eigenvalue weighted by Gasteiger charge is 2.26. The van der Waals surface area contributed by atoms with Gasteiger partial charge in [-0.3, -0.25) is 4.79 Å². The normalized spacial score (nSPS) is 15.6. The van der Waals surface area contributed by atoms with Gasteiger partial charge in [-0.05, 0) is 60.2 Å². The molecule has 3 aromatic carbocycles. The lowest BCUT2D eigenvalue weighted by molar-refractivity contribution is 0.100. The van der Waals surface area contributed by atoms with Crippen molar-refractivity contribution in [2.75, 3.05) is 5.32 Å². The van der Waals surface area contributed by atoms with Crippen LogP contribution in [-0.2, 0) is 13.0 Å². The number of fused-ring (bicyclic) bond motifs is 2. The van der Waals surface area contributed by atoms with Crippen molar-refractivity contribution in [1.82, 2.24) is 9.55 Å². The third kappa shape index (κ3) is 3.66. The fraction of sp³-hybridized carbons (Fsp3) is 0.200. The molecule has 0 fully saturated rings. The summed E-state index contributed by atoms with van der Waals surface area (Å²) in [5.74, 6) is 0.309. The molecular formula is C25H23ClN4O. The predicted octanol–water partition coefficient (Wildman–Crippen LogP) is 5.33. The Morgan fingerprint density at radius 2 is 1.94 bits per heavy atom. The number of halogens is 1. The molecule has 1 atom stereocenters. The average molecular weight is 431 g/mol. The molecule has 0 aliphatic heterocycles. The first-order valence-corrected chi connectivity index (χ1v) is 10.9. The van der Waals surface area contributed by atoms with Gasteiger partial charge in [0.1, 0.15) is 0 Å². The van der Waals surface area contributed by atoms with Gasteiger partial charge in [0.2, 0.25) is 11.9 Å². The summed E-state index contributed by atoms with van der Waals surface area (Å²) in [6, 6.07) is 22.1. The minimum atomic E-state index is -0.454. The monoisotopic (exact) mass is 430 g/mol. The van der Waals surface area contributed by atoms with Crippen molar-refractivity contribution in [1.29, 1.82) is 0 Å². The van der Waals surface area contributed by atoms with Crippen LogP contribution in [0.4, 0.5) is 5.95 Å². The van der Waals surface area contributed by atoms with Gasteiger partial charge in [0.05, 0.1) is 17.1 Å². The Balaban J connectivity index is 1.62. The summed E-state index contributed by atoms with van der Waals surface area (Å²) in [6.45, 7) is 0.556. The fourth-order valence-electron chi connectivity index (χ4n) is 4.50. The van der Waals surface area contributed by atoms with Crippen molar-refractivity contribution in [3.8, 4) is 0 Å². The van der Waals surface area contributed by atoms with E-state index in [1.54, 1.807) is 12.1 Å². The summed E-state index contributed by atoms with van der Waals surface area (Å²) in [5.41, 5.74) is 11.4. The first-order valence-electron chi connectivity index (χ1n) is 10.5. The van der Waals surface area contributed by atoms with Crippen LogP contribution in [0.15, 0.2) is 66.7 Å². The zero-order valence-electron chi connectivity index (χ0n) is 17.0. The van der Waals surface area contributed by atoms with E-state index in [4.69, 9.17) is 22.3 Å². The summed E-state index contributed by atoms with van der Waals surface area (Å²) in [7, 11) is 0. The van der Waals surface area contributed by atoms with Crippen LogP contribution in [0.2, 0.25) is 5.02 Å². The molecule has 3 N–H and O–H groups in total. The topological polar surface area (TPSA) is 72.9 Å². The molecule has 0 radical (unpaired) electrons. The molecule has 5 nitrogen and oxygen atoms in total. The van der Waals surface area contributed by atoms with Gasteiger partial charge in [-0.15, -0.1) is 0 Å². The number of anilines is 1. The lowest BCUT2D eigenvalue weighted by atomic mass is 9.87. The Morgan fingerprint density at radius 1 is 1.13 bits per heavy atom. The number of primary amides is 1. The highest BCUT2D eigenvalue weighted by Crippen LogP contribution is 2.37. The number of nitrogens with two attached hydrogens (primary N) is 1. The number of nitrogens with one attached hydrogen (secondary N) is 1. The van der Waals surface area contributed by atoms with Gasteiger partial charge in [0.15, 0.2) is 0 Å². The molecule has 1 amide bonds. The molecule has 1 aromatic heterocycles. The highest BCUT2D eigenvalue weighted by atomic mass is 35.5. The molecule has 0 bridgehead atoms. The van der Waals surface area contributed by atoms with Crippen molar-refractivity contribution in [2.45, 2.75) is 31.8 Å². The number of imidazole rings is 1. The van der Waals surface area contributed by atoms with Crippen LogP contribution in [-0.4, -0.2) is 15.5 Å². The molecular weight excluding hydrogens is 408 g/mol. The highest BCUT2D eigenvalue weighted by molar-refractivity contribution is 6.31. The van der Waals surface area contributed by atoms with Crippen molar-refractivity contribution in [2.24, 2.45) is 5.73 Å². The third-order valence-electron chi connectivity index (χ3n) is 6.02. The third-order valence-corrected chi connectivity index (χ3v) is 6.39. The smallest absolute Gasteiger partial charge is 0.248 e. The zero-order chi connectivity index (χ0) is 21.4. The summed E-state index contributed by atoms with van der Waals surface area (Å²) in [6.07, 6.45) is 3.24. The van der Waals surface area contributed by atoms with Crippen LogP contribution in [0, 0.1) is 0 Å². The van der Waals surface area contributed by atoms with Crippen LogP contribution in [0.3, 0.4) is 0 Å². The molecule has 0 saturated carbocycles. The van der Waals surface area contributed by atoms with Gasteiger partial charge in [-0.2, -0.15) is 0 Å². The van der Waals surface area contributed by atoms with E-state index < -0.39 is 5.91 Å². The Bertz CT molecular complexity index is 1280. The van der Waals surface area contributed by atoms with E-state index in [9.17, 15) is 4.79 Å². The van der Waals surface area contributed by atoms with E-state index in [-0.39, 0.29) is 6.04 Å². The van der Waals surface area contributed by atoms with Gasteiger partial charge in [0.25, 0.3) is 0 Å². The SMILES string of the molecule is NC(=O)c1ccc2c(c1)nc(NCc1ccccc1Cl)n2[C@H]1CCCc2ccccc21. The molecule has 1 heterocycles. The molecule has 1 aliphatic rings. The van der Waals surface area contributed by atoms with E-state index in [2.05, 4.69) is 34.1 Å². The summed E-state index contributed by atoms with van der Waals surface area (Å²) in [5, 5.41) is 4.21. The standard InChI is InChI=1S/C25H23ClN4O/c26-20-10-4-2-7-18(20)15-28-25-29-21-14-17(24(27)31)12-13-23(21)30(25)22-11-5-8-16-6-1-3-9-19(16)22/h1-4,6-7,9-10,12-14,22H,5,8,11,15H2,(H2,27,31)(H,28,29)/t22-/m0/s1. The van der Waals surface area contributed by atoms with Crippen molar-refractivity contribution >= 4 is 34.5 Å². The quantitative estimate of drug-likeness (QED) is 0.449. The number of carbonyl (C=O) groups is 1. The van der Waals surface area contributed by atoms with E-state index in [0.717, 1.165) is 46.8 Å². The summed E-state index contributed by atoms with van der Waals surface area (Å²) >= 11 is 6.36. The van der Waals surface area contributed by atoms with Crippen LogP contribution in [0.25, 0.3) is 11.0 Å². The molecule has 0 unspecified atom stereocenters. The van der Waals surface area contributed by atoms with Gasteiger partial charge in [-0.1, -0.05) is 54.1 Å². The van der Waals surface area contributed by atoms with Crippen molar-refractivity contribution in [3.05, 3.63) is 94.0 Å². The van der Waals surface area contributed by atoms with Gasteiger partial charge in [0, 0.05) is 17.1 Å². The lowest BCUT2D eigenvalue weighted by Gasteiger charge is -2.28. The Morgan fingerprint density at radius 3 is 2.77 bits per heavy atom. The van der Waals surface area contributed by atoms with E-state index in [0.29, 0.717) is 12.1 Å². The van der Waals surface area contributed by atoms with Crippen LogP contribution in [0.1, 0.15) is 45.9 Å². The maximum Gasteiger partial charge on any atom is 0.248 e. The van der Waals surface area contributed by atoms with Crippen molar-refractivity contribution < 1.29 is 4.79 Å². The van der Waals surface area contributed by atoms with Crippen LogP contribution >= 0.6 is 11.6 Å². The Labute approximate surface area is 185 Å². The molecule has 156 valence electrons. The number of benzene rings is 3. The maximum atomic E-state index is 11.7. The predicted molar refractivity (Wildman–Crippen MR) is 125 cm³/mol. The van der Waals surface area contributed by atoms with Gasteiger partial charge < -0.3 is 15.6 Å². The van der Waals surface area contributed by atoms with Crippen LogP contribution < -0.4 is 11.1 Å². The van der Waals surface area contributed by atoms with Crippen molar-refractivity contribution in [3.63, 3.8) is 0 Å². The number of amides is 1. The number of carbonyl (C=O) groups excluding carboxylic acids is 1. The average Bonchev–Trinajstić information content (AvgIpc) is 3.15. The largest absolute Gasteiger partial charge is 0.366 e. The van der Waals surface area contributed by atoms with Gasteiger partial charge in [-0.25, -0.2) is 4.98 Å². The molecule has 1 aliphatic carbocycles. The number of aryl methyl sites for hydroxylation is 1. The minimum absolute atomic E-state index is 0.170. The Kier molecular flexibility index (Phi) is 5.12. The minimum Gasteiger partial charge on any atom is -0.366 e. The lowest BCUT2D eigenvalue weighted by Crippen LogP contribution is -2.19. The second-order valence-electron chi connectivity index (χ2n) is 7.92. The van der Waals surface area contributed by atoms with E-state index in [1.165, 1.54) is 11.1 Å². The molecule has 0 spiro atoms. The second kappa shape index (κ2) is 8.08. The number of aromatic nitrogens is 2. The first kappa shape index (κ1) is 19.6.